The van der Waals surface area contributed by atoms with Crippen LogP contribution >= 0.6 is 0 Å². The molecule has 2 aromatic heterocycles. The number of pyridine rings is 1. The van der Waals surface area contributed by atoms with Crippen molar-refractivity contribution in [3.63, 3.8) is 0 Å². The summed E-state index contributed by atoms with van der Waals surface area (Å²) >= 11 is 0. The van der Waals surface area contributed by atoms with Crippen LogP contribution in [0.3, 0.4) is 0 Å². The van der Waals surface area contributed by atoms with Gasteiger partial charge in [0.15, 0.2) is 17.4 Å². The summed E-state index contributed by atoms with van der Waals surface area (Å²) in [6.45, 7) is 0. The third-order valence-corrected chi connectivity index (χ3v) is 4.23. The molecule has 0 radical (unpaired) electrons. The van der Waals surface area contributed by atoms with Gasteiger partial charge in [-0.1, -0.05) is 0 Å². The van der Waals surface area contributed by atoms with Crippen LogP contribution in [0.5, 0.6) is 5.75 Å². The summed E-state index contributed by atoms with van der Waals surface area (Å²) in [6.07, 6.45) is 4.69. The van der Waals surface area contributed by atoms with E-state index in [4.69, 9.17) is 10.8 Å². The maximum absolute atomic E-state index is 15.2. The van der Waals surface area contributed by atoms with Gasteiger partial charge in [-0.15, -0.1) is 0 Å². The molecule has 10 heteroatoms. The van der Waals surface area contributed by atoms with Crippen LogP contribution in [0.15, 0.2) is 29.7 Å². The molecule has 0 spiro atoms. The largest absolute Gasteiger partial charge is 0.511 e. The second-order valence-corrected chi connectivity index (χ2v) is 5.91. The highest BCUT2D eigenvalue weighted by Gasteiger charge is 2.31. The van der Waals surface area contributed by atoms with Crippen molar-refractivity contribution >= 4 is 22.7 Å². The van der Waals surface area contributed by atoms with Crippen molar-refractivity contribution in [1.29, 1.82) is 0 Å². The first-order valence-electron chi connectivity index (χ1n) is 7.64. The molecule has 3 N–H and O–H groups in total. The van der Waals surface area contributed by atoms with Gasteiger partial charge in [-0.05, 0) is 12.8 Å². The first-order chi connectivity index (χ1) is 12.4. The third-order valence-electron chi connectivity index (χ3n) is 4.23. The Morgan fingerprint density at radius 3 is 2.65 bits per heavy atom. The number of nitrogens with two attached hydrogens (primary N) is 1. The highest BCUT2D eigenvalue weighted by molar-refractivity contribution is 5.94. The summed E-state index contributed by atoms with van der Waals surface area (Å²) in [5.41, 5.74) is 3.55. The molecule has 1 aromatic carbocycles. The first-order valence-corrected chi connectivity index (χ1v) is 7.64. The Labute approximate surface area is 144 Å². The number of anilines is 1. The second kappa shape index (κ2) is 5.55. The molecule has 1 aliphatic carbocycles. The summed E-state index contributed by atoms with van der Waals surface area (Å²) < 4.78 is 37.0. The normalized spacial score (nSPS) is 13.9. The lowest BCUT2D eigenvalue weighted by atomic mass is 10.1. The van der Waals surface area contributed by atoms with Gasteiger partial charge in [0.25, 0.3) is 0 Å². The molecule has 0 bridgehead atoms. The fourth-order valence-electron chi connectivity index (χ4n) is 2.95. The molecule has 4 rings (SSSR count). The number of hydrogen-bond donors (Lipinski definition) is 2. The van der Waals surface area contributed by atoms with Gasteiger partial charge in [-0.2, -0.15) is 0 Å². The number of fused-ring (bicyclic) bond motifs is 1. The van der Waals surface area contributed by atoms with Gasteiger partial charge < -0.3 is 24.7 Å². The minimum Gasteiger partial charge on any atom is -0.449 e. The summed E-state index contributed by atoms with van der Waals surface area (Å²) in [5, 5.41) is 8.35. The average Bonchev–Trinajstić information content (AvgIpc) is 3.30. The topological polar surface area (TPSA) is 112 Å². The summed E-state index contributed by atoms with van der Waals surface area (Å²) in [6, 6.07) is -0.163. The van der Waals surface area contributed by atoms with Crippen molar-refractivity contribution in [1.82, 2.24) is 14.1 Å². The predicted molar refractivity (Wildman–Crippen MR) is 86.6 cm³/mol. The molecule has 8 nitrogen and oxygen atoms in total. The van der Waals surface area contributed by atoms with Crippen LogP contribution in [0.4, 0.5) is 19.3 Å². The Balaban J connectivity index is 2.15. The standard InChI is InChI=1S/C16H12F2N4O4/c17-10-12(19)9-13(11(18)14(10)21-4-3-20-6-21)22(7-1-2-7)5-8(15(9)23)26-16(24)25/h3-7H,1-2,19H2,(H,24,25). The molecule has 1 fully saturated rings. The number of nitrogen functional groups attached to an aromatic ring is 1. The molecule has 0 unspecified atom stereocenters. The van der Waals surface area contributed by atoms with Crippen molar-refractivity contribution in [2.24, 2.45) is 0 Å². The van der Waals surface area contributed by atoms with Crippen LogP contribution in [0, 0.1) is 11.6 Å². The molecular formula is C16H12F2N4O4. The van der Waals surface area contributed by atoms with Crippen molar-refractivity contribution in [2.45, 2.75) is 18.9 Å². The minimum absolute atomic E-state index is 0.163. The predicted octanol–water partition coefficient (Wildman–Crippen LogP) is 2.44. The van der Waals surface area contributed by atoms with Gasteiger partial charge in [0.05, 0.1) is 29.1 Å². The zero-order chi connectivity index (χ0) is 18.6. The Morgan fingerprint density at radius 2 is 2.08 bits per heavy atom. The lowest BCUT2D eigenvalue weighted by Gasteiger charge is -2.17. The van der Waals surface area contributed by atoms with Gasteiger partial charge in [0.2, 0.25) is 5.43 Å². The number of hydrogen-bond acceptors (Lipinski definition) is 5. The first kappa shape index (κ1) is 16.1. The van der Waals surface area contributed by atoms with Crippen LogP contribution in [-0.2, 0) is 0 Å². The molecule has 3 aromatic rings. The van der Waals surface area contributed by atoms with Crippen molar-refractivity contribution in [2.75, 3.05) is 5.73 Å². The smallest absolute Gasteiger partial charge is 0.449 e. The van der Waals surface area contributed by atoms with E-state index in [9.17, 15) is 14.0 Å². The van der Waals surface area contributed by atoms with Gasteiger partial charge in [0.1, 0.15) is 5.69 Å². The second-order valence-electron chi connectivity index (χ2n) is 5.91. The van der Waals surface area contributed by atoms with Crippen LogP contribution in [-0.4, -0.2) is 25.4 Å². The van der Waals surface area contributed by atoms with Gasteiger partial charge in [-0.25, -0.2) is 18.6 Å². The van der Waals surface area contributed by atoms with Crippen molar-refractivity contribution < 1.29 is 23.4 Å². The fourth-order valence-corrected chi connectivity index (χ4v) is 2.95. The van der Waals surface area contributed by atoms with E-state index in [1.807, 2.05) is 0 Å². The van der Waals surface area contributed by atoms with E-state index in [-0.39, 0.29) is 11.6 Å². The van der Waals surface area contributed by atoms with Gasteiger partial charge in [0, 0.05) is 18.4 Å². The summed E-state index contributed by atoms with van der Waals surface area (Å²) in [4.78, 5) is 27.1. The monoisotopic (exact) mass is 362 g/mol. The molecule has 0 atom stereocenters. The van der Waals surface area contributed by atoms with E-state index in [0.717, 1.165) is 10.8 Å². The Bertz CT molecular complexity index is 1100. The molecule has 1 saturated carbocycles. The minimum atomic E-state index is -1.71. The summed E-state index contributed by atoms with van der Waals surface area (Å²) in [5.74, 6) is -2.69. The molecule has 0 aliphatic heterocycles. The number of imidazole rings is 1. The number of nitrogens with zero attached hydrogens (tertiary/aromatic N) is 3. The van der Waals surface area contributed by atoms with E-state index in [2.05, 4.69) is 9.72 Å². The summed E-state index contributed by atoms with van der Waals surface area (Å²) in [7, 11) is 0. The molecule has 0 amide bonds. The number of benzene rings is 1. The number of carboxylic acid groups (broad SMARTS) is 1. The molecule has 26 heavy (non-hydrogen) atoms. The Kier molecular flexibility index (Phi) is 3.43. The zero-order valence-electron chi connectivity index (χ0n) is 13.1. The van der Waals surface area contributed by atoms with Crippen molar-refractivity contribution in [3.05, 3.63) is 46.8 Å². The van der Waals surface area contributed by atoms with E-state index < -0.39 is 45.7 Å². The molecule has 134 valence electrons. The number of rotatable bonds is 3. The maximum Gasteiger partial charge on any atom is 0.511 e. The van der Waals surface area contributed by atoms with Crippen LogP contribution in [0.2, 0.25) is 0 Å². The zero-order valence-corrected chi connectivity index (χ0v) is 13.1. The van der Waals surface area contributed by atoms with Gasteiger partial charge >= 0.3 is 6.16 Å². The van der Waals surface area contributed by atoms with E-state index in [0.29, 0.717) is 12.8 Å². The fraction of sp³-hybridized carbons (Fsp3) is 0.188. The van der Waals surface area contributed by atoms with E-state index in [1.54, 1.807) is 0 Å². The van der Waals surface area contributed by atoms with E-state index in [1.165, 1.54) is 23.3 Å². The highest BCUT2D eigenvalue weighted by Crippen LogP contribution is 2.41. The van der Waals surface area contributed by atoms with Crippen LogP contribution < -0.4 is 15.9 Å². The number of aromatic nitrogens is 3. The average molecular weight is 362 g/mol. The highest BCUT2D eigenvalue weighted by atomic mass is 19.1. The maximum atomic E-state index is 15.2. The Hall–Kier alpha value is -3.43. The quantitative estimate of drug-likeness (QED) is 0.547. The lowest BCUT2D eigenvalue weighted by molar-refractivity contribution is 0.143. The van der Waals surface area contributed by atoms with Crippen LogP contribution in [0.25, 0.3) is 16.6 Å². The third kappa shape index (κ3) is 2.30. The van der Waals surface area contributed by atoms with Crippen LogP contribution in [0.1, 0.15) is 18.9 Å². The Morgan fingerprint density at radius 1 is 1.35 bits per heavy atom. The van der Waals surface area contributed by atoms with Crippen molar-refractivity contribution in [3.8, 4) is 11.4 Å². The molecule has 2 heterocycles. The number of carbonyl (C=O) groups is 1. The molecular weight excluding hydrogens is 350 g/mol. The number of ether oxygens (including phenoxy) is 1. The molecule has 1 aliphatic rings. The molecule has 0 saturated heterocycles. The number of halogens is 2. The lowest BCUT2D eigenvalue weighted by Crippen LogP contribution is -2.19. The van der Waals surface area contributed by atoms with Gasteiger partial charge in [-0.3, -0.25) is 4.79 Å². The van der Waals surface area contributed by atoms with E-state index >= 15 is 4.39 Å². The SMILES string of the molecule is Nc1c(F)c(-n2ccnc2)c(F)c2c1c(=O)c(OC(=O)O)cn2C1CC1.